The second kappa shape index (κ2) is 5.38. The van der Waals surface area contributed by atoms with Crippen molar-refractivity contribution in [3.63, 3.8) is 0 Å². The minimum absolute atomic E-state index is 0.0193. The highest BCUT2D eigenvalue weighted by atomic mass is 32.1. The minimum Gasteiger partial charge on any atom is -0.397 e. The molecular formula is C14H17N3O2S. The first kappa shape index (κ1) is 13.3. The average molecular weight is 291 g/mol. The van der Waals surface area contributed by atoms with Crippen LogP contribution in [0.1, 0.15) is 28.9 Å². The van der Waals surface area contributed by atoms with Gasteiger partial charge in [0.15, 0.2) is 0 Å². The van der Waals surface area contributed by atoms with E-state index in [1.165, 1.54) is 11.3 Å². The van der Waals surface area contributed by atoms with Gasteiger partial charge in [-0.1, -0.05) is 0 Å². The maximum absolute atomic E-state index is 12.7. The number of aromatic nitrogens is 1. The highest BCUT2D eigenvalue weighted by Crippen LogP contribution is 2.35. The zero-order chi connectivity index (χ0) is 14.1. The van der Waals surface area contributed by atoms with E-state index in [1.807, 2.05) is 6.07 Å². The summed E-state index contributed by atoms with van der Waals surface area (Å²) in [6, 6.07) is 2.08. The lowest BCUT2D eigenvalue weighted by Gasteiger charge is -2.37. The van der Waals surface area contributed by atoms with Crippen LogP contribution in [-0.2, 0) is 0 Å². The summed E-state index contributed by atoms with van der Waals surface area (Å²) in [5.41, 5.74) is 6.63. The number of fused-ring (bicyclic) bond motifs is 1. The molecule has 5 nitrogen and oxygen atoms in total. The number of nitrogen functional groups attached to an aromatic ring is 1. The van der Waals surface area contributed by atoms with Gasteiger partial charge in [0.2, 0.25) is 0 Å². The summed E-state index contributed by atoms with van der Waals surface area (Å²) in [6.45, 7) is 0.351. The van der Waals surface area contributed by atoms with E-state index >= 15 is 0 Å². The van der Waals surface area contributed by atoms with Gasteiger partial charge in [-0.05, 0) is 25.3 Å². The van der Waals surface area contributed by atoms with Crippen LogP contribution in [0.15, 0.2) is 18.5 Å². The number of aliphatic hydroxyl groups is 1. The number of nitrogens with two attached hydrogens (primary N) is 1. The summed E-state index contributed by atoms with van der Waals surface area (Å²) in [5, 5.41) is 10.1. The van der Waals surface area contributed by atoms with Crippen molar-refractivity contribution in [2.24, 2.45) is 0 Å². The number of amides is 1. The Morgan fingerprint density at radius 3 is 2.95 bits per heavy atom. The summed E-state index contributed by atoms with van der Waals surface area (Å²) in [5.74, 6) is -0.0672. The Balaban J connectivity index is 1.95. The van der Waals surface area contributed by atoms with Crippen molar-refractivity contribution in [3.05, 3.63) is 23.3 Å². The molecule has 0 aromatic carbocycles. The Morgan fingerprint density at radius 1 is 1.55 bits per heavy atom. The summed E-state index contributed by atoms with van der Waals surface area (Å²) < 4.78 is 0.922. The third-order valence-corrected chi connectivity index (χ3v) is 4.99. The average Bonchev–Trinajstić information content (AvgIpc) is 2.73. The van der Waals surface area contributed by atoms with Crippen LogP contribution < -0.4 is 5.73 Å². The van der Waals surface area contributed by atoms with Crippen molar-refractivity contribution >= 4 is 33.0 Å². The summed E-state index contributed by atoms with van der Waals surface area (Å²) >= 11 is 1.38. The monoisotopic (exact) mass is 291 g/mol. The Bertz CT molecular complexity index is 636. The quantitative estimate of drug-likeness (QED) is 0.901. The first-order valence-corrected chi connectivity index (χ1v) is 7.58. The van der Waals surface area contributed by atoms with Crippen LogP contribution in [0.2, 0.25) is 0 Å². The van der Waals surface area contributed by atoms with E-state index in [0.717, 1.165) is 29.3 Å². The Hall–Kier alpha value is -1.66. The second-order valence-corrected chi connectivity index (χ2v) is 6.08. The number of thiophene rings is 1. The molecule has 0 bridgehead atoms. The standard InChI is InChI=1S/C14H17N3O2S/c15-12-10-4-5-16-8-11(10)20-13(12)14(19)17(6-7-18)9-2-1-3-9/h4-5,8-9,18H,1-3,6-7,15H2. The van der Waals surface area contributed by atoms with E-state index in [1.54, 1.807) is 17.3 Å². The molecule has 1 aliphatic rings. The van der Waals surface area contributed by atoms with Crippen molar-refractivity contribution in [1.82, 2.24) is 9.88 Å². The van der Waals surface area contributed by atoms with Gasteiger partial charge in [0.05, 0.1) is 17.0 Å². The van der Waals surface area contributed by atoms with Crippen molar-refractivity contribution in [2.45, 2.75) is 25.3 Å². The number of hydrogen-bond donors (Lipinski definition) is 2. The molecule has 2 aromatic rings. The molecule has 1 fully saturated rings. The van der Waals surface area contributed by atoms with Crippen LogP contribution in [0.25, 0.3) is 10.1 Å². The van der Waals surface area contributed by atoms with Crippen LogP contribution >= 0.6 is 11.3 Å². The smallest absolute Gasteiger partial charge is 0.266 e. The molecule has 3 N–H and O–H groups in total. The van der Waals surface area contributed by atoms with Gasteiger partial charge in [-0.3, -0.25) is 9.78 Å². The van der Waals surface area contributed by atoms with Gasteiger partial charge in [-0.15, -0.1) is 11.3 Å². The van der Waals surface area contributed by atoms with Crippen molar-refractivity contribution < 1.29 is 9.90 Å². The Kier molecular flexibility index (Phi) is 3.58. The lowest BCUT2D eigenvalue weighted by atomic mass is 9.91. The van der Waals surface area contributed by atoms with Crippen molar-refractivity contribution in [3.8, 4) is 0 Å². The number of carbonyl (C=O) groups excluding carboxylic acids is 1. The lowest BCUT2D eigenvalue weighted by molar-refractivity contribution is 0.0531. The van der Waals surface area contributed by atoms with Crippen LogP contribution in [-0.4, -0.2) is 40.1 Å². The van der Waals surface area contributed by atoms with Gasteiger partial charge >= 0.3 is 0 Å². The van der Waals surface area contributed by atoms with Crippen LogP contribution in [0.4, 0.5) is 5.69 Å². The molecule has 2 heterocycles. The molecule has 2 aromatic heterocycles. The third kappa shape index (κ3) is 2.14. The SMILES string of the molecule is Nc1c(C(=O)N(CCO)C2CCC2)sc2cnccc12. The summed E-state index contributed by atoms with van der Waals surface area (Å²) in [7, 11) is 0. The van der Waals surface area contributed by atoms with E-state index in [9.17, 15) is 9.90 Å². The molecule has 0 atom stereocenters. The van der Waals surface area contributed by atoms with E-state index in [0.29, 0.717) is 17.1 Å². The van der Waals surface area contributed by atoms with Crippen LogP contribution in [0.3, 0.4) is 0 Å². The first-order valence-electron chi connectivity index (χ1n) is 6.76. The normalized spacial score (nSPS) is 15.2. The topological polar surface area (TPSA) is 79.5 Å². The van der Waals surface area contributed by atoms with Gasteiger partial charge in [0, 0.05) is 30.4 Å². The molecule has 6 heteroatoms. The van der Waals surface area contributed by atoms with E-state index in [-0.39, 0.29) is 18.6 Å². The van der Waals surface area contributed by atoms with Gasteiger partial charge in [-0.25, -0.2) is 0 Å². The molecule has 106 valence electrons. The number of nitrogens with zero attached hydrogens (tertiary/aromatic N) is 2. The zero-order valence-corrected chi connectivity index (χ0v) is 11.9. The molecule has 0 radical (unpaired) electrons. The molecule has 0 aliphatic heterocycles. The van der Waals surface area contributed by atoms with E-state index in [2.05, 4.69) is 4.98 Å². The van der Waals surface area contributed by atoms with Crippen LogP contribution in [0, 0.1) is 0 Å². The number of hydrogen-bond acceptors (Lipinski definition) is 5. The van der Waals surface area contributed by atoms with E-state index < -0.39 is 0 Å². The molecule has 1 amide bonds. The van der Waals surface area contributed by atoms with Gasteiger partial charge < -0.3 is 15.7 Å². The fourth-order valence-electron chi connectivity index (χ4n) is 2.52. The van der Waals surface area contributed by atoms with E-state index in [4.69, 9.17) is 5.73 Å². The molecule has 0 unspecified atom stereocenters. The molecule has 1 aliphatic carbocycles. The van der Waals surface area contributed by atoms with Crippen LogP contribution in [0.5, 0.6) is 0 Å². The molecule has 1 saturated carbocycles. The number of aliphatic hydroxyl groups excluding tert-OH is 1. The van der Waals surface area contributed by atoms with Crippen molar-refractivity contribution in [1.29, 1.82) is 0 Å². The lowest BCUT2D eigenvalue weighted by Crippen LogP contribution is -2.45. The first-order chi connectivity index (χ1) is 9.72. The predicted octanol–water partition coefficient (Wildman–Crippen LogP) is 1.87. The van der Waals surface area contributed by atoms with Gasteiger partial charge in [-0.2, -0.15) is 0 Å². The number of pyridine rings is 1. The van der Waals surface area contributed by atoms with Gasteiger partial charge in [0.25, 0.3) is 5.91 Å². The molecule has 3 rings (SSSR count). The number of carbonyl (C=O) groups is 1. The van der Waals surface area contributed by atoms with Gasteiger partial charge in [0.1, 0.15) is 4.88 Å². The number of anilines is 1. The largest absolute Gasteiger partial charge is 0.397 e. The fourth-order valence-corrected chi connectivity index (χ4v) is 3.56. The zero-order valence-electron chi connectivity index (χ0n) is 11.1. The Labute approximate surface area is 121 Å². The third-order valence-electron chi connectivity index (χ3n) is 3.84. The summed E-state index contributed by atoms with van der Waals surface area (Å²) in [6.07, 6.45) is 6.58. The minimum atomic E-state index is -0.0672. The Morgan fingerprint density at radius 2 is 2.35 bits per heavy atom. The molecular weight excluding hydrogens is 274 g/mol. The maximum atomic E-state index is 12.7. The predicted molar refractivity (Wildman–Crippen MR) is 79.8 cm³/mol. The highest BCUT2D eigenvalue weighted by Gasteiger charge is 2.31. The number of rotatable bonds is 4. The maximum Gasteiger partial charge on any atom is 0.266 e. The fraction of sp³-hybridized carbons (Fsp3) is 0.429. The second-order valence-electron chi connectivity index (χ2n) is 5.02. The van der Waals surface area contributed by atoms with Crippen molar-refractivity contribution in [2.75, 3.05) is 18.9 Å². The summed E-state index contributed by atoms with van der Waals surface area (Å²) in [4.78, 5) is 19.1. The molecule has 0 saturated heterocycles. The molecule has 0 spiro atoms. The molecule has 20 heavy (non-hydrogen) atoms. The highest BCUT2D eigenvalue weighted by molar-refractivity contribution is 7.21.